The number of aromatic nitrogens is 1. The maximum atomic E-state index is 12.7. The van der Waals surface area contributed by atoms with Gasteiger partial charge in [0.2, 0.25) is 0 Å². The zero-order valence-corrected chi connectivity index (χ0v) is 14.8. The molecule has 4 heteroatoms. The van der Waals surface area contributed by atoms with Crippen LogP contribution in [0.3, 0.4) is 0 Å². The summed E-state index contributed by atoms with van der Waals surface area (Å²) in [5, 5.41) is 1.11. The van der Waals surface area contributed by atoms with E-state index in [0.29, 0.717) is 0 Å². The van der Waals surface area contributed by atoms with Gasteiger partial charge in [-0.1, -0.05) is 22.5 Å². The molecule has 0 atom stereocenters. The molecule has 0 aliphatic heterocycles. The van der Waals surface area contributed by atoms with Crippen LogP contribution in [-0.2, 0) is 11.2 Å². The van der Waals surface area contributed by atoms with E-state index in [2.05, 4.69) is 28.6 Å². The Morgan fingerprint density at radius 1 is 1.32 bits per heavy atom. The van der Waals surface area contributed by atoms with Gasteiger partial charge in [0.05, 0.1) is 11.2 Å². The molecule has 3 rings (SSSR count). The molecule has 0 radical (unpaired) electrons. The zero-order chi connectivity index (χ0) is 16.1. The first-order chi connectivity index (χ1) is 10.3. The molecule has 0 bridgehead atoms. The normalized spacial score (nSPS) is 15.0. The van der Waals surface area contributed by atoms with E-state index in [9.17, 15) is 4.79 Å². The van der Waals surface area contributed by atoms with E-state index in [0.717, 1.165) is 45.9 Å². The second kappa shape index (κ2) is 5.27. The number of rotatable bonds is 0. The SMILES string of the molecule is C=C1CCCc2c1n(C(=O)OC(C)(C)C)c1ccc(Br)cc21. The van der Waals surface area contributed by atoms with Crippen molar-refractivity contribution >= 4 is 38.5 Å². The number of hydrogen-bond donors (Lipinski definition) is 0. The van der Waals surface area contributed by atoms with Crippen molar-refractivity contribution in [2.75, 3.05) is 0 Å². The first-order valence-corrected chi connectivity index (χ1v) is 8.31. The first kappa shape index (κ1) is 15.3. The highest BCUT2D eigenvalue weighted by Crippen LogP contribution is 2.38. The second-order valence-corrected chi connectivity index (χ2v) is 7.68. The number of carbonyl (C=O) groups excluding carboxylic acids is 1. The Morgan fingerprint density at radius 2 is 2.05 bits per heavy atom. The van der Waals surface area contributed by atoms with Crippen LogP contribution in [0, 0.1) is 0 Å². The number of halogens is 1. The number of ether oxygens (including phenoxy) is 1. The monoisotopic (exact) mass is 361 g/mol. The van der Waals surface area contributed by atoms with Gasteiger partial charge in [-0.25, -0.2) is 9.36 Å². The van der Waals surface area contributed by atoms with Crippen LogP contribution in [0.1, 0.15) is 44.9 Å². The molecule has 0 unspecified atom stereocenters. The fourth-order valence-electron chi connectivity index (χ4n) is 3.05. The van der Waals surface area contributed by atoms with Gasteiger partial charge in [0, 0.05) is 9.86 Å². The molecule has 0 spiro atoms. The predicted molar refractivity (Wildman–Crippen MR) is 93.2 cm³/mol. The summed E-state index contributed by atoms with van der Waals surface area (Å²) in [6.45, 7) is 9.82. The van der Waals surface area contributed by atoms with Crippen LogP contribution in [0.5, 0.6) is 0 Å². The molecule has 0 fully saturated rings. The minimum Gasteiger partial charge on any atom is -0.443 e. The number of carbonyl (C=O) groups is 1. The third kappa shape index (κ3) is 2.60. The lowest BCUT2D eigenvalue weighted by Crippen LogP contribution is -2.28. The fraction of sp³-hybridized carbons (Fsp3) is 0.389. The highest BCUT2D eigenvalue weighted by Gasteiger charge is 2.28. The van der Waals surface area contributed by atoms with Crippen molar-refractivity contribution in [3.8, 4) is 0 Å². The average Bonchev–Trinajstić information content (AvgIpc) is 2.72. The van der Waals surface area contributed by atoms with Crippen LogP contribution in [0.2, 0.25) is 0 Å². The van der Waals surface area contributed by atoms with Gasteiger partial charge < -0.3 is 4.74 Å². The van der Waals surface area contributed by atoms with Gasteiger partial charge in [-0.15, -0.1) is 0 Å². The Morgan fingerprint density at radius 3 is 2.73 bits per heavy atom. The van der Waals surface area contributed by atoms with E-state index in [1.165, 1.54) is 5.56 Å². The lowest BCUT2D eigenvalue weighted by atomic mass is 9.92. The van der Waals surface area contributed by atoms with Crippen molar-refractivity contribution in [2.45, 2.75) is 45.6 Å². The Hall–Kier alpha value is -1.55. The van der Waals surface area contributed by atoms with Crippen molar-refractivity contribution in [2.24, 2.45) is 0 Å². The summed E-state index contributed by atoms with van der Waals surface area (Å²) >= 11 is 3.52. The number of hydrogen-bond acceptors (Lipinski definition) is 2. The summed E-state index contributed by atoms with van der Waals surface area (Å²) < 4.78 is 8.32. The number of aryl methyl sites for hydroxylation is 1. The molecule has 0 N–H and O–H groups in total. The van der Waals surface area contributed by atoms with Crippen LogP contribution in [-0.4, -0.2) is 16.3 Å². The molecule has 1 aromatic heterocycles. The van der Waals surface area contributed by atoms with E-state index >= 15 is 0 Å². The Kier molecular flexibility index (Phi) is 3.68. The lowest BCUT2D eigenvalue weighted by Gasteiger charge is -2.22. The van der Waals surface area contributed by atoms with Gasteiger partial charge in [0.15, 0.2) is 0 Å². The predicted octanol–water partition coefficient (Wildman–Crippen LogP) is 5.54. The fourth-order valence-corrected chi connectivity index (χ4v) is 3.41. The van der Waals surface area contributed by atoms with Crippen molar-refractivity contribution in [1.29, 1.82) is 0 Å². The van der Waals surface area contributed by atoms with Gasteiger partial charge >= 0.3 is 6.09 Å². The highest BCUT2D eigenvalue weighted by atomic mass is 79.9. The van der Waals surface area contributed by atoms with Crippen LogP contribution < -0.4 is 0 Å². The quantitative estimate of drug-likeness (QED) is 0.616. The van der Waals surface area contributed by atoms with Crippen molar-refractivity contribution in [3.63, 3.8) is 0 Å². The van der Waals surface area contributed by atoms with Gasteiger partial charge in [0.25, 0.3) is 0 Å². The van der Waals surface area contributed by atoms with E-state index in [1.54, 1.807) is 4.57 Å². The van der Waals surface area contributed by atoms with Gasteiger partial charge in [-0.2, -0.15) is 0 Å². The molecule has 0 saturated carbocycles. The number of nitrogens with zero attached hydrogens (tertiary/aromatic N) is 1. The summed E-state index contributed by atoms with van der Waals surface area (Å²) in [5.74, 6) is 0. The number of fused-ring (bicyclic) bond motifs is 3. The summed E-state index contributed by atoms with van der Waals surface area (Å²) in [4.78, 5) is 12.7. The summed E-state index contributed by atoms with van der Waals surface area (Å²) in [6.07, 6.45) is 2.64. The van der Waals surface area contributed by atoms with E-state index in [1.807, 2.05) is 32.9 Å². The molecule has 0 saturated heterocycles. The van der Waals surface area contributed by atoms with E-state index in [-0.39, 0.29) is 6.09 Å². The maximum absolute atomic E-state index is 12.7. The molecular weight excluding hydrogens is 342 g/mol. The van der Waals surface area contributed by atoms with Crippen molar-refractivity contribution < 1.29 is 9.53 Å². The maximum Gasteiger partial charge on any atom is 0.419 e. The van der Waals surface area contributed by atoms with E-state index < -0.39 is 5.60 Å². The summed E-state index contributed by atoms with van der Waals surface area (Å²) in [5.41, 5.74) is 3.53. The molecular formula is C18H20BrNO2. The minimum atomic E-state index is -0.522. The zero-order valence-electron chi connectivity index (χ0n) is 13.2. The Labute approximate surface area is 139 Å². The first-order valence-electron chi connectivity index (χ1n) is 7.52. The molecule has 22 heavy (non-hydrogen) atoms. The molecule has 1 aliphatic rings. The van der Waals surface area contributed by atoms with Crippen LogP contribution >= 0.6 is 15.9 Å². The summed E-state index contributed by atoms with van der Waals surface area (Å²) in [7, 11) is 0. The van der Waals surface area contributed by atoms with Gasteiger partial charge in [-0.3, -0.25) is 0 Å². The van der Waals surface area contributed by atoms with Crippen molar-refractivity contribution in [3.05, 3.63) is 40.5 Å². The molecule has 1 heterocycles. The molecule has 2 aromatic rings. The largest absolute Gasteiger partial charge is 0.443 e. The molecule has 1 aliphatic carbocycles. The Bertz CT molecular complexity index is 780. The third-order valence-electron chi connectivity index (χ3n) is 3.85. The van der Waals surface area contributed by atoms with E-state index in [4.69, 9.17) is 4.74 Å². The van der Waals surface area contributed by atoms with Gasteiger partial charge in [0.1, 0.15) is 5.60 Å². The number of allylic oxidation sites excluding steroid dienone is 1. The van der Waals surface area contributed by atoms with Gasteiger partial charge in [-0.05, 0) is 69.4 Å². The second-order valence-electron chi connectivity index (χ2n) is 6.76. The molecule has 1 aromatic carbocycles. The standard InChI is InChI=1S/C18H20BrNO2/c1-11-6-5-7-13-14-10-12(19)8-9-15(14)20(16(11)13)17(21)22-18(2,3)4/h8-10H,1,5-7H2,2-4H3. The Balaban J connectivity index is 2.26. The summed E-state index contributed by atoms with van der Waals surface area (Å²) in [6, 6.07) is 6.00. The smallest absolute Gasteiger partial charge is 0.419 e. The minimum absolute atomic E-state index is 0.330. The molecule has 116 valence electrons. The van der Waals surface area contributed by atoms with Crippen LogP contribution in [0.15, 0.2) is 29.3 Å². The third-order valence-corrected chi connectivity index (χ3v) is 4.34. The van der Waals surface area contributed by atoms with Crippen LogP contribution in [0.25, 0.3) is 16.5 Å². The topological polar surface area (TPSA) is 31.2 Å². The lowest BCUT2D eigenvalue weighted by molar-refractivity contribution is 0.0543. The molecule has 0 amide bonds. The highest BCUT2D eigenvalue weighted by molar-refractivity contribution is 9.10. The molecule has 3 nitrogen and oxygen atoms in total. The van der Waals surface area contributed by atoms with Crippen molar-refractivity contribution in [1.82, 2.24) is 4.57 Å². The number of benzene rings is 1. The van der Waals surface area contributed by atoms with Crippen LogP contribution in [0.4, 0.5) is 4.79 Å². The average molecular weight is 362 g/mol.